The van der Waals surface area contributed by atoms with Crippen LogP contribution < -0.4 is 9.36 Å². The number of hydrogen-bond donors (Lipinski definition) is 0. The Labute approximate surface area is 216 Å². The van der Waals surface area contributed by atoms with Crippen molar-refractivity contribution in [1.29, 1.82) is 0 Å². The molecule has 0 amide bonds. The lowest BCUT2D eigenvalue weighted by atomic mass is 10.1. The van der Waals surface area contributed by atoms with Crippen LogP contribution in [0.3, 0.4) is 0 Å². The summed E-state index contributed by atoms with van der Waals surface area (Å²) in [5, 5.41) is 9.75. The van der Waals surface area contributed by atoms with Crippen LogP contribution in [-0.4, -0.2) is 10.2 Å². The highest BCUT2D eigenvalue weighted by Crippen LogP contribution is 2.20. The SMILES string of the molecule is c1ccc(Cc2n[n+](-c3ccc(-c4ccccc4)cc3)c[n+](-c3ccc(-c4ccccc4)cc3)n2)cc1. The van der Waals surface area contributed by atoms with Crippen molar-refractivity contribution in [2.24, 2.45) is 0 Å². The Morgan fingerprint density at radius 3 is 1.22 bits per heavy atom. The highest BCUT2D eigenvalue weighted by Gasteiger charge is 2.22. The third-order valence-electron chi connectivity index (χ3n) is 6.35. The minimum Gasteiger partial charge on any atom is -0.0622 e. The van der Waals surface area contributed by atoms with E-state index in [0.717, 1.165) is 17.2 Å². The second kappa shape index (κ2) is 10.3. The van der Waals surface area contributed by atoms with E-state index in [-0.39, 0.29) is 0 Å². The first kappa shape index (κ1) is 22.5. The Kier molecular flexibility index (Phi) is 6.29. The molecule has 0 aliphatic heterocycles. The van der Waals surface area contributed by atoms with Crippen LogP contribution in [0.5, 0.6) is 0 Å². The van der Waals surface area contributed by atoms with Gasteiger partial charge in [0.25, 0.3) is 5.82 Å². The molecule has 0 atom stereocenters. The number of hydrogen-bond acceptors (Lipinski definition) is 2. The average Bonchev–Trinajstić information content (AvgIpc) is 2.99. The fourth-order valence-electron chi connectivity index (χ4n) is 4.40. The lowest BCUT2D eigenvalue weighted by Gasteiger charge is -2.02. The molecule has 1 aromatic heterocycles. The number of nitrogens with zero attached hydrogens (tertiary/aromatic N) is 4. The van der Waals surface area contributed by atoms with Gasteiger partial charge in [0.05, 0.1) is 0 Å². The molecule has 176 valence electrons. The van der Waals surface area contributed by atoms with E-state index in [1.807, 2.05) is 46.0 Å². The van der Waals surface area contributed by atoms with Gasteiger partial charge in [-0.15, -0.1) is 0 Å². The molecular weight excluding hydrogens is 452 g/mol. The smallest absolute Gasteiger partial charge is 0.0622 e. The van der Waals surface area contributed by atoms with Crippen LogP contribution in [0.2, 0.25) is 0 Å². The van der Waals surface area contributed by atoms with Crippen LogP contribution >= 0.6 is 0 Å². The van der Waals surface area contributed by atoms with E-state index in [9.17, 15) is 0 Å². The van der Waals surface area contributed by atoms with Crippen LogP contribution in [0.15, 0.2) is 146 Å². The zero-order chi connectivity index (χ0) is 24.9. The number of aromatic nitrogens is 4. The van der Waals surface area contributed by atoms with Gasteiger partial charge < -0.3 is 0 Å². The third kappa shape index (κ3) is 5.19. The Bertz CT molecular complexity index is 1500. The predicted molar refractivity (Wildman–Crippen MR) is 145 cm³/mol. The summed E-state index contributed by atoms with van der Waals surface area (Å²) in [7, 11) is 0. The summed E-state index contributed by atoms with van der Waals surface area (Å²) in [4.78, 5) is 0. The number of rotatable bonds is 6. The molecular formula is C33H26N4+2. The maximum Gasteiger partial charge on any atom is 0.469 e. The molecule has 6 rings (SSSR count). The summed E-state index contributed by atoms with van der Waals surface area (Å²) >= 11 is 0. The van der Waals surface area contributed by atoms with Crippen LogP contribution in [0.4, 0.5) is 0 Å². The van der Waals surface area contributed by atoms with Gasteiger partial charge in [-0.2, -0.15) is 0 Å². The monoisotopic (exact) mass is 478 g/mol. The first-order chi connectivity index (χ1) is 18.3. The van der Waals surface area contributed by atoms with Gasteiger partial charge in [0.1, 0.15) is 0 Å². The fourth-order valence-corrected chi connectivity index (χ4v) is 4.40. The second-order valence-electron chi connectivity index (χ2n) is 8.91. The molecule has 0 bridgehead atoms. The van der Waals surface area contributed by atoms with E-state index in [0.29, 0.717) is 6.42 Å². The molecule has 5 aromatic carbocycles. The average molecular weight is 479 g/mol. The Morgan fingerprint density at radius 1 is 0.405 bits per heavy atom. The first-order valence-electron chi connectivity index (χ1n) is 12.4. The molecule has 4 heteroatoms. The minimum atomic E-state index is 0.645. The summed E-state index contributed by atoms with van der Waals surface area (Å²) in [6, 6.07) is 48.1. The van der Waals surface area contributed by atoms with Crippen molar-refractivity contribution in [3.8, 4) is 33.6 Å². The molecule has 1 heterocycles. The topological polar surface area (TPSA) is 33.5 Å². The zero-order valence-corrected chi connectivity index (χ0v) is 20.4. The summed E-state index contributed by atoms with van der Waals surface area (Å²) in [6.07, 6.45) is 2.58. The van der Waals surface area contributed by atoms with E-state index in [1.165, 1.54) is 27.8 Å². The molecule has 0 unspecified atom stereocenters. The highest BCUT2D eigenvalue weighted by molar-refractivity contribution is 5.64. The van der Waals surface area contributed by atoms with Crippen molar-refractivity contribution in [1.82, 2.24) is 10.2 Å². The molecule has 0 N–H and O–H groups in total. The standard InChI is InChI=1S/C33H26N4/c1-4-10-26(11-5-1)24-33-34-36(31-20-16-29(17-21-31)27-12-6-2-7-13-27)25-37(35-33)32-22-18-30(19-23-32)28-14-8-3-9-15-28/h1-23,25H,24H2/q+2. The van der Waals surface area contributed by atoms with Gasteiger partial charge >= 0.3 is 6.33 Å². The van der Waals surface area contributed by atoms with Gasteiger partial charge in [0, 0.05) is 50.2 Å². The molecule has 0 saturated heterocycles. The van der Waals surface area contributed by atoms with Gasteiger partial charge in [0.15, 0.2) is 0 Å². The molecule has 0 aliphatic carbocycles. The summed E-state index contributed by atoms with van der Waals surface area (Å²) in [6.45, 7) is 0. The van der Waals surface area contributed by atoms with E-state index in [1.54, 1.807) is 0 Å². The van der Waals surface area contributed by atoms with E-state index in [2.05, 4.69) is 109 Å². The molecule has 0 radical (unpaired) electrons. The second-order valence-corrected chi connectivity index (χ2v) is 8.91. The summed E-state index contributed by atoms with van der Waals surface area (Å²) in [5.41, 5.74) is 7.86. The Morgan fingerprint density at radius 2 is 0.784 bits per heavy atom. The summed E-state index contributed by atoms with van der Waals surface area (Å²) < 4.78 is 3.82. The minimum absolute atomic E-state index is 0.645. The van der Waals surface area contributed by atoms with Crippen molar-refractivity contribution < 1.29 is 9.36 Å². The Balaban J connectivity index is 1.38. The quantitative estimate of drug-likeness (QED) is 0.277. The third-order valence-corrected chi connectivity index (χ3v) is 6.35. The molecule has 0 saturated carbocycles. The van der Waals surface area contributed by atoms with Crippen molar-refractivity contribution in [2.75, 3.05) is 0 Å². The fraction of sp³-hybridized carbons (Fsp3) is 0.0303. The van der Waals surface area contributed by atoms with E-state index >= 15 is 0 Å². The highest BCUT2D eigenvalue weighted by atomic mass is 15.4. The van der Waals surface area contributed by atoms with Gasteiger partial charge in [-0.25, -0.2) is 0 Å². The normalized spacial score (nSPS) is 10.8. The molecule has 0 aliphatic rings. The van der Waals surface area contributed by atoms with Crippen molar-refractivity contribution in [3.63, 3.8) is 0 Å². The maximum absolute atomic E-state index is 4.88. The molecule has 0 fully saturated rings. The van der Waals surface area contributed by atoms with Crippen molar-refractivity contribution in [3.05, 3.63) is 157 Å². The van der Waals surface area contributed by atoms with Gasteiger partial charge in [-0.05, 0) is 52.1 Å². The van der Waals surface area contributed by atoms with Crippen LogP contribution in [0.1, 0.15) is 11.4 Å². The lowest BCUT2D eigenvalue weighted by Crippen LogP contribution is -2.50. The van der Waals surface area contributed by atoms with Gasteiger partial charge in [0.2, 0.25) is 11.4 Å². The first-order valence-corrected chi connectivity index (χ1v) is 12.4. The Hall–Kier alpha value is -4.96. The molecule has 0 spiro atoms. The number of benzene rings is 5. The molecule has 37 heavy (non-hydrogen) atoms. The van der Waals surface area contributed by atoms with E-state index in [4.69, 9.17) is 10.2 Å². The van der Waals surface area contributed by atoms with Crippen molar-refractivity contribution >= 4 is 0 Å². The van der Waals surface area contributed by atoms with E-state index < -0.39 is 0 Å². The van der Waals surface area contributed by atoms with Gasteiger partial charge in [-0.1, -0.05) is 91.0 Å². The predicted octanol–water partition coefficient (Wildman–Crippen LogP) is 5.95. The molecule has 6 aromatic rings. The maximum atomic E-state index is 4.88. The van der Waals surface area contributed by atoms with Crippen molar-refractivity contribution in [2.45, 2.75) is 6.42 Å². The summed E-state index contributed by atoms with van der Waals surface area (Å²) in [5.74, 6) is 0.743. The zero-order valence-electron chi connectivity index (χ0n) is 20.4. The van der Waals surface area contributed by atoms with Crippen LogP contribution in [0.25, 0.3) is 33.6 Å². The van der Waals surface area contributed by atoms with Crippen LogP contribution in [-0.2, 0) is 6.42 Å². The lowest BCUT2D eigenvalue weighted by molar-refractivity contribution is -0.799. The van der Waals surface area contributed by atoms with Gasteiger partial charge in [-0.3, -0.25) is 0 Å². The largest absolute Gasteiger partial charge is 0.469 e. The molecule has 4 nitrogen and oxygen atoms in total. The van der Waals surface area contributed by atoms with Crippen LogP contribution in [0, 0.1) is 0 Å².